The predicted octanol–water partition coefficient (Wildman–Crippen LogP) is -4.20. The van der Waals surface area contributed by atoms with Crippen LogP contribution in [0.25, 0.3) is 0 Å². The van der Waals surface area contributed by atoms with Gasteiger partial charge in [0, 0.05) is 17.2 Å². The van der Waals surface area contributed by atoms with E-state index in [4.69, 9.17) is 10.2 Å². The van der Waals surface area contributed by atoms with Gasteiger partial charge in [-0.25, -0.2) is 9.59 Å². The molecule has 0 saturated heterocycles. The topological polar surface area (TPSA) is 156 Å². The monoisotopic (exact) mass is 363 g/mol. The van der Waals surface area contributed by atoms with Crippen LogP contribution in [0.1, 0.15) is 20.7 Å². The van der Waals surface area contributed by atoms with Gasteiger partial charge in [0.1, 0.15) is 17.0 Å². The maximum absolute atomic E-state index is 11.9. The Morgan fingerprint density at radius 3 is 2.12 bits per heavy atom. The van der Waals surface area contributed by atoms with Gasteiger partial charge in [0.2, 0.25) is 5.69 Å². The largest absolute Gasteiger partial charge is 1.00 e. The van der Waals surface area contributed by atoms with Crippen LogP contribution in [0.4, 0.5) is 11.4 Å². The minimum absolute atomic E-state index is 0. The molecular weight excluding hydrogens is 354 g/mol. The van der Waals surface area contributed by atoms with Crippen LogP contribution in [-0.4, -0.2) is 32.1 Å². The molecule has 0 saturated carbocycles. The van der Waals surface area contributed by atoms with Crippen LogP contribution in [0, 0.1) is 5.21 Å². The molecule has 11 heteroatoms. The Morgan fingerprint density at radius 2 is 1.56 bits per heavy atom. The number of carbonyl (C=O) groups is 2. The number of nitrogens with zero attached hydrogens (tertiary/aromatic N) is 2. The van der Waals surface area contributed by atoms with E-state index in [-0.39, 0.29) is 75.4 Å². The molecule has 0 aromatic heterocycles. The zero-order chi connectivity index (χ0) is 17.1. The van der Waals surface area contributed by atoms with Gasteiger partial charge >= 0.3 is 71.1 Å². The molecule has 0 aliphatic carbocycles. The summed E-state index contributed by atoms with van der Waals surface area (Å²) in [4.78, 5) is 21.8. The van der Waals surface area contributed by atoms with E-state index in [2.05, 4.69) is 5.11 Å². The van der Waals surface area contributed by atoms with E-state index in [0.29, 0.717) is 0 Å². The third kappa shape index (κ3) is 5.70. The predicted molar refractivity (Wildman–Crippen MR) is 73.3 cm³/mol. The van der Waals surface area contributed by atoms with Gasteiger partial charge in [-0.2, -0.15) is 0 Å². The van der Waals surface area contributed by atoms with Gasteiger partial charge in [0.15, 0.2) is 0 Å². The molecule has 25 heavy (non-hydrogen) atoms. The minimum Gasteiger partial charge on any atom is -0.872 e. The number of benzene rings is 2. The molecule has 2 rings (SSSR count). The summed E-state index contributed by atoms with van der Waals surface area (Å²) in [6, 6.07) is 6.09. The number of aromatic carboxylic acids is 2. The first-order valence-corrected chi connectivity index (χ1v) is 6.09. The summed E-state index contributed by atoms with van der Waals surface area (Å²) in [7, 11) is 0. The molecule has 0 atom stereocenters. The van der Waals surface area contributed by atoms with E-state index in [1.54, 1.807) is 0 Å². The summed E-state index contributed by atoms with van der Waals surface area (Å²) in [6.07, 6.45) is 0. The molecule has 3 N–H and O–H groups in total. The quantitative estimate of drug-likeness (QED) is 0.215. The summed E-state index contributed by atoms with van der Waals surface area (Å²) >= 11 is 0. The summed E-state index contributed by atoms with van der Waals surface area (Å²) in [5, 5.41) is 53.9. The second-order valence-corrected chi connectivity index (χ2v) is 4.37. The third-order valence-electron chi connectivity index (χ3n) is 2.83. The molecule has 9 nitrogen and oxygen atoms in total. The van der Waals surface area contributed by atoms with Gasteiger partial charge in [-0.15, -0.1) is 0 Å². The average molecular weight is 363 g/mol. The number of aromatic hydroxyl groups is 1. The maximum Gasteiger partial charge on any atom is 1.00 e. The Bertz CT molecular complexity index is 840. The van der Waals surface area contributed by atoms with E-state index >= 15 is 0 Å². The fourth-order valence-electron chi connectivity index (χ4n) is 1.72. The molecule has 2 aromatic rings. The summed E-state index contributed by atoms with van der Waals surface area (Å²) in [5.41, 5.74) is -1.32. The Hall–Kier alpha value is -1.62. The minimum atomic E-state index is -1.46. The van der Waals surface area contributed by atoms with Crippen molar-refractivity contribution in [2.75, 3.05) is 0 Å². The van der Waals surface area contributed by atoms with Crippen LogP contribution in [0.3, 0.4) is 0 Å². The molecule has 0 aliphatic rings. The Labute approximate surface area is 185 Å². The van der Waals surface area contributed by atoms with Crippen molar-refractivity contribution in [1.82, 2.24) is 0 Å². The SMILES string of the molecule is O=C(O)c1cc(N=[N+]([O-])c2ccc(O)c(C(=O)O)c2)ccc1[O-].[Na+].[Na+]. The second kappa shape index (κ2) is 9.76. The van der Waals surface area contributed by atoms with E-state index in [0.717, 1.165) is 36.4 Å². The fourth-order valence-corrected chi connectivity index (χ4v) is 1.72. The normalized spacial score (nSPS) is 10.3. The van der Waals surface area contributed by atoms with Crippen LogP contribution in [0.5, 0.6) is 11.5 Å². The van der Waals surface area contributed by atoms with Crippen molar-refractivity contribution in [3.05, 3.63) is 52.7 Å². The van der Waals surface area contributed by atoms with Gasteiger partial charge < -0.3 is 25.6 Å². The third-order valence-corrected chi connectivity index (χ3v) is 2.83. The number of azo groups is 1. The average Bonchev–Trinajstić information content (AvgIpc) is 2.49. The zero-order valence-corrected chi connectivity index (χ0v) is 17.3. The first-order valence-electron chi connectivity index (χ1n) is 6.09. The van der Waals surface area contributed by atoms with Crippen molar-refractivity contribution in [2.45, 2.75) is 0 Å². The summed E-state index contributed by atoms with van der Waals surface area (Å²) in [5.74, 6) is -4.13. The number of rotatable bonds is 4. The molecule has 0 fully saturated rings. The molecule has 0 radical (unpaired) electrons. The smallest absolute Gasteiger partial charge is 0.872 e. The van der Waals surface area contributed by atoms with Crippen LogP contribution >= 0.6 is 0 Å². The van der Waals surface area contributed by atoms with Crippen molar-refractivity contribution in [3.8, 4) is 11.5 Å². The van der Waals surface area contributed by atoms with Crippen molar-refractivity contribution < 1.29 is 94.0 Å². The van der Waals surface area contributed by atoms with Gasteiger partial charge in [-0.3, -0.25) is 0 Å². The molecule has 0 bridgehead atoms. The summed E-state index contributed by atoms with van der Waals surface area (Å²) < 4.78 is 0. The molecular formula is C14H9N2Na2O7+. The van der Waals surface area contributed by atoms with E-state index < -0.39 is 34.6 Å². The molecule has 0 aliphatic heterocycles. The Kier molecular flexibility index (Phi) is 9.12. The molecule has 0 amide bonds. The van der Waals surface area contributed by atoms with Crippen LogP contribution < -0.4 is 64.2 Å². The van der Waals surface area contributed by atoms with E-state index in [1.807, 2.05) is 0 Å². The molecule has 2 aromatic carbocycles. The van der Waals surface area contributed by atoms with E-state index in [9.17, 15) is 25.0 Å². The number of phenols is 1. The number of hydrogen-bond donors (Lipinski definition) is 3. The van der Waals surface area contributed by atoms with Crippen LogP contribution in [0.2, 0.25) is 0 Å². The standard InChI is InChI=1S/C14H10N2O7.2Na/c17-11-3-1-7(5-9(11)13(19)20)15-16(23)8-2-4-12(18)10(6-8)14(21)22;;/h1-6,17-18H,(H,19,20)(H,21,22);;/q;2*+1/p-1. The van der Waals surface area contributed by atoms with Crippen LogP contribution in [-0.2, 0) is 0 Å². The van der Waals surface area contributed by atoms with Crippen molar-refractivity contribution in [2.24, 2.45) is 5.11 Å². The summed E-state index contributed by atoms with van der Waals surface area (Å²) in [6.45, 7) is 0. The van der Waals surface area contributed by atoms with Gasteiger partial charge in [0.05, 0.1) is 5.56 Å². The Morgan fingerprint density at radius 1 is 0.960 bits per heavy atom. The second-order valence-electron chi connectivity index (χ2n) is 4.37. The van der Waals surface area contributed by atoms with Gasteiger partial charge in [0.25, 0.3) is 0 Å². The van der Waals surface area contributed by atoms with Crippen molar-refractivity contribution in [1.29, 1.82) is 0 Å². The van der Waals surface area contributed by atoms with Crippen LogP contribution in [0.15, 0.2) is 41.5 Å². The maximum atomic E-state index is 11.9. The number of hydrogen-bond acceptors (Lipinski definition) is 6. The number of carboxylic acids is 2. The molecule has 118 valence electrons. The van der Waals surface area contributed by atoms with E-state index in [1.165, 1.54) is 0 Å². The van der Waals surface area contributed by atoms with Crippen molar-refractivity contribution in [3.63, 3.8) is 0 Å². The molecule has 0 heterocycles. The fraction of sp³-hybridized carbons (Fsp3) is 0. The van der Waals surface area contributed by atoms with Gasteiger partial charge in [-0.1, -0.05) is 16.7 Å². The first kappa shape index (κ1) is 23.4. The molecule has 0 unspecified atom stereocenters. The van der Waals surface area contributed by atoms with Gasteiger partial charge in [-0.05, 0) is 18.2 Å². The first-order chi connectivity index (χ1) is 10.8. The van der Waals surface area contributed by atoms with Crippen molar-refractivity contribution >= 4 is 23.3 Å². The molecule has 0 spiro atoms. The number of carboxylic acid groups (broad SMARTS) is 2. The zero-order valence-electron chi connectivity index (χ0n) is 13.3. The Balaban J connectivity index is 0.00000288.